The number of hydrogen-bond donors (Lipinski definition) is 1. The molecule has 0 aliphatic heterocycles. The predicted octanol–water partition coefficient (Wildman–Crippen LogP) is 21.6. The molecule has 0 aliphatic rings. The number of nitrogens with zero attached hydrogens (tertiary/aromatic N) is 1. The first-order valence-electron chi connectivity index (χ1n) is 33.2. The van der Waals surface area contributed by atoms with Crippen LogP contribution in [0.2, 0.25) is 0 Å². The highest BCUT2D eigenvalue weighted by molar-refractivity contribution is 7.47. The van der Waals surface area contributed by atoms with Crippen molar-refractivity contribution in [1.29, 1.82) is 0 Å². The number of rotatable bonds is 59. The van der Waals surface area contributed by atoms with Crippen molar-refractivity contribution in [2.75, 3.05) is 47.5 Å². The maximum atomic E-state index is 12.9. The van der Waals surface area contributed by atoms with E-state index in [9.17, 15) is 19.0 Å². The van der Waals surface area contributed by atoms with Gasteiger partial charge in [0.1, 0.15) is 19.8 Å². The van der Waals surface area contributed by atoms with E-state index in [0.29, 0.717) is 17.4 Å². The minimum Gasteiger partial charge on any atom is -0.462 e. The largest absolute Gasteiger partial charge is 0.472 e. The Hall–Kier alpha value is -4.37. The number of unbranched alkanes of at least 4 members (excludes halogenated alkanes) is 19. The molecule has 0 bridgehead atoms. The minimum absolute atomic E-state index is 0.0181. The average Bonchev–Trinajstić information content (AvgIpc) is 3.61. The molecule has 2 unspecified atom stereocenters. The van der Waals surface area contributed by atoms with Gasteiger partial charge in [0.2, 0.25) is 0 Å². The van der Waals surface area contributed by atoms with Gasteiger partial charge in [0.05, 0.1) is 27.7 Å². The number of hydrogen-bond acceptors (Lipinski definition) is 7. The second-order valence-corrected chi connectivity index (χ2v) is 24.2. The molecule has 0 fully saturated rings. The highest BCUT2D eigenvalue weighted by Crippen LogP contribution is 2.43. The van der Waals surface area contributed by atoms with Crippen molar-refractivity contribution >= 4 is 19.8 Å². The van der Waals surface area contributed by atoms with Crippen LogP contribution in [0.3, 0.4) is 0 Å². The molecule has 2 atom stereocenters. The van der Waals surface area contributed by atoms with Crippen molar-refractivity contribution < 1.29 is 42.1 Å². The van der Waals surface area contributed by atoms with Crippen LogP contribution in [0.4, 0.5) is 0 Å². The topological polar surface area (TPSA) is 108 Å². The molecule has 0 rings (SSSR count). The molecule has 0 aliphatic carbocycles. The fourth-order valence-corrected chi connectivity index (χ4v) is 9.27. The predicted molar refractivity (Wildman–Crippen MR) is 362 cm³/mol. The second kappa shape index (κ2) is 63.1. The van der Waals surface area contributed by atoms with Gasteiger partial charge in [-0.05, 0) is 122 Å². The molecule has 0 aromatic heterocycles. The molecule has 1 N–H and O–H groups in total. The number of quaternary nitrogens is 1. The van der Waals surface area contributed by atoms with E-state index in [1.54, 1.807) is 0 Å². The summed E-state index contributed by atoms with van der Waals surface area (Å²) in [5, 5.41) is 0. The van der Waals surface area contributed by atoms with E-state index < -0.39 is 26.5 Å². The lowest BCUT2D eigenvalue weighted by Gasteiger charge is -2.24. The van der Waals surface area contributed by atoms with Crippen LogP contribution in [0.15, 0.2) is 158 Å². The summed E-state index contributed by atoms with van der Waals surface area (Å²) in [4.78, 5) is 35.8. The van der Waals surface area contributed by atoms with Crippen LogP contribution >= 0.6 is 7.82 Å². The normalized spacial score (nSPS) is 14.2. The van der Waals surface area contributed by atoms with Crippen molar-refractivity contribution in [3.63, 3.8) is 0 Å². The van der Waals surface area contributed by atoms with Crippen LogP contribution in [0, 0.1) is 0 Å². The number of ether oxygens (including phenoxy) is 2. The van der Waals surface area contributed by atoms with E-state index in [0.717, 1.165) is 128 Å². The van der Waals surface area contributed by atoms with Gasteiger partial charge in [-0.1, -0.05) is 268 Å². The van der Waals surface area contributed by atoms with Crippen LogP contribution in [-0.2, 0) is 32.7 Å². The van der Waals surface area contributed by atoms with Crippen LogP contribution < -0.4 is 0 Å². The standard InChI is InChI=1S/C74H122NO8P/c1-6-8-10-12-14-16-18-20-22-24-26-28-30-32-34-36-37-39-40-42-44-46-48-50-52-54-56-58-60-62-64-66-73(76)80-70-72(71-82-84(78,79)81-69-68-75(3,4)5)83-74(77)67-65-63-61-59-57-55-53-51-49-47-45-43-41-38-35-33-31-29-27-25-23-21-19-17-15-13-11-9-7-2/h8-11,14-17,20-23,26-29,32-35,41,43,47,49,53,55,72H,6-7,12-13,18-19,24-25,30-31,36-40,42,44-46,48,50-52,54,56-71H2,1-5H3/p+1/b10-8-,11-9-,16-14-,17-15-,22-20-,23-21-,28-26-,29-27-,34-32-,35-33-,43-41-,49-47-,55-53-. The van der Waals surface area contributed by atoms with Gasteiger partial charge in [0.25, 0.3) is 0 Å². The Bertz CT molecular complexity index is 1970. The third kappa shape index (κ3) is 66.8. The number of carbonyl (C=O) groups excluding carboxylic acids is 2. The number of esters is 2. The molecule has 9 nitrogen and oxygen atoms in total. The third-order valence-corrected chi connectivity index (χ3v) is 14.5. The molecule has 0 heterocycles. The zero-order valence-electron chi connectivity index (χ0n) is 54.1. The molecule has 0 aromatic rings. The Morgan fingerprint density at radius 2 is 0.643 bits per heavy atom. The summed E-state index contributed by atoms with van der Waals surface area (Å²) in [5.74, 6) is -0.834. The molecular formula is C74H123NO8P+. The number of allylic oxidation sites excluding steroid dienone is 26. The van der Waals surface area contributed by atoms with E-state index in [1.165, 1.54) is 83.5 Å². The number of carbonyl (C=O) groups is 2. The molecule has 10 heteroatoms. The van der Waals surface area contributed by atoms with E-state index in [2.05, 4.69) is 172 Å². The highest BCUT2D eigenvalue weighted by atomic mass is 31.2. The summed E-state index contributed by atoms with van der Waals surface area (Å²) < 4.78 is 34.6. The van der Waals surface area contributed by atoms with Crippen molar-refractivity contribution in [3.8, 4) is 0 Å². The number of phosphoric ester groups is 1. The van der Waals surface area contributed by atoms with E-state index in [-0.39, 0.29) is 32.0 Å². The van der Waals surface area contributed by atoms with Gasteiger partial charge >= 0.3 is 19.8 Å². The van der Waals surface area contributed by atoms with Gasteiger partial charge in [-0.3, -0.25) is 18.6 Å². The average molecular weight is 1190 g/mol. The monoisotopic (exact) mass is 1180 g/mol. The summed E-state index contributed by atoms with van der Waals surface area (Å²) in [6.07, 6.45) is 94.7. The zero-order chi connectivity index (χ0) is 61.2. The lowest BCUT2D eigenvalue weighted by Crippen LogP contribution is -2.37. The Labute approximate surface area is 516 Å². The Kier molecular flexibility index (Phi) is 59.9. The van der Waals surface area contributed by atoms with Crippen molar-refractivity contribution in [2.45, 2.75) is 251 Å². The van der Waals surface area contributed by atoms with Crippen molar-refractivity contribution in [2.24, 2.45) is 0 Å². The van der Waals surface area contributed by atoms with Gasteiger partial charge in [0, 0.05) is 12.8 Å². The Morgan fingerprint density at radius 3 is 0.952 bits per heavy atom. The smallest absolute Gasteiger partial charge is 0.462 e. The van der Waals surface area contributed by atoms with E-state index in [1.807, 2.05) is 21.1 Å². The molecular weight excluding hydrogens is 1060 g/mol. The second-order valence-electron chi connectivity index (χ2n) is 22.7. The van der Waals surface area contributed by atoms with Crippen LogP contribution in [0.25, 0.3) is 0 Å². The molecule has 84 heavy (non-hydrogen) atoms. The van der Waals surface area contributed by atoms with Crippen LogP contribution in [0.5, 0.6) is 0 Å². The molecule has 0 spiro atoms. The molecule has 0 amide bonds. The van der Waals surface area contributed by atoms with Crippen LogP contribution in [0.1, 0.15) is 245 Å². The van der Waals surface area contributed by atoms with Crippen molar-refractivity contribution in [3.05, 3.63) is 158 Å². The Balaban J connectivity index is 4.18. The summed E-state index contributed by atoms with van der Waals surface area (Å²) in [6, 6.07) is 0. The first-order valence-corrected chi connectivity index (χ1v) is 34.7. The quantitative estimate of drug-likeness (QED) is 0.0211. The maximum Gasteiger partial charge on any atom is 0.472 e. The van der Waals surface area contributed by atoms with E-state index >= 15 is 0 Å². The molecule has 0 radical (unpaired) electrons. The zero-order valence-corrected chi connectivity index (χ0v) is 55.0. The van der Waals surface area contributed by atoms with Gasteiger partial charge < -0.3 is 18.9 Å². The van der Waals surface area contributed by atoms with Crippen molar-refractivity contribution in [1.82, 2.24) is 0 Å². The lowest BCUT2D eigenvalue weighted by molar-refractivity contribution is -0.870. The SMILES string of the molecule is CC/C=C\C/C=C\C/C=C\C/C=C\C/C=C\C/C=C\C/C=C\C/C=C\CCCCCCC(=O)OC(COC(=O)CCCCCCCCCCCCCCCCC/C=C\C/C=C\C/C=C\C/C=C\C/C=C\CC)COP(=O)(O)OCC[N+](C)(C)C. The first kappa shape index (κ1) is 79.6. The summed E-state index contributed by atoms with van der Waals surface area (Å²) >= 11 is 0. The van der Waals surface area contributed by atoms with Crippen LogP contribution in [-0.4, -0.2) is 74.9 Å². The first-order chi connectivity index (χ1) is 41.0. The lowest BCUT2D eigenvalue weighted by atomic mass is 10.0. The van der Waals surface area contributed by atoms with Gasteiger partial charge in [0.15, 0.2) is 6.10 Å². The Morgan fingerprint density at radius 1 is 0.369 bits per heavy atom. The van der Waals surface area contributed by atoms with Gasteiger partial charge in [-0.25, -0.2) is 4.57 Å². The fourth-order valence-electron chi connectivity index (χ4n) is 8.53. The minimum atomic E-state index is -4.41. The third-order valence-electron chi connectivity index (χ3n) is 13.6. The fraction of sp³-hybridized carbons (Fsp3) is 0.622. The molecule has 0 saturated carbocycles. The summed E-state index contributed by atoms with van der Waals surface area (Å²) in [7, 11) is 1.44. The highest BCUT2D eigenvalue weighted by Gasteiger charge is 2.27. The van der Waals surface area contributed by atoms with Gasteiger partial charge in [-0.15, -0.1) is 0 Å². The van der Waals surface area contributed by atoms with Gasteiger partial charge in [-0.2, -0.15) is 0 Å². The summed E-state index contributed by atoms with van der Waals surface area (Å²) in [5.41, 5.74) is 0. The number of likely N-dealkylation sites (N-methyl/N-ethyl adjacent to an activating group) is 1. The maximum absolute atomic E-state index is 12.9. The summed E-state index contributed by atoms with van der Waals surface area (Å²) in [6.45, 7) is 4.17. The molecule has 0 saturated heterocycles. The number of phosphoric acid groups is 1. The molecule has 0 aromatic carbocycles. The van der Waals surface area contributed by atoms with E-state index in [4.69, 9.17) is 18.5 Å². The molecule has 476 valence electrons.